The molecule has 0 amide bonds. The van der Waals surface area contributed by atoms with E-state index in [9.17, 15) is 9.90 Å². The molecular formula is C27H26N2O3. The van der Waals surface area contributed by atoms with Gasteiger partial charge >= 0.3 is 5.63 Å². The first-order valence-electron chi connectivity index (χ1n) is 10.8. The van der Waals surface area contributed by atoms with E-state index in [0.29, 0.717) is 23.0 Å². The molecule has 0 saturated carbocycles. The van der Waals surface area contributed by atoms with Crippen LogP contribution in [-0.2, 0) is 0 Å². The minimum absolute atomic E-state index is 0.0118. The van der Waals surface area contributed by atoms with Gasteiger partial charge in [-0.1, -0.05) is 48.5 Å². The van der Waals surface area contributed by atoms with Gasteiger partial charge in [0.15, 0.2) is 0 Å². The van der Waals surface area contributed by atoms with Crippen molar-refractivity contribution in [2.24, 2.45) is 0 Å². The van der Waals surface area contributed by atoms with Crippen molar-refractivity contribution < 1.29 is 9.52 Å². The highest BCUT2D eigenvalue weighted by Gasteiger charge is 2.36. The van der Waals surface area contributed by atoms with E-state index in [1.54, 1.807) is 6.07 Å². The number of rotatable bonds is 3. The number of hydrogen-bond donors (Lipinski definition) is 1. The second kappa shape index (κ2) is 7.75. The SMILES string of the molecule is CN(C)c1ccc2c(O)c([C@H]3C[C@@H](c4ccccc4)N(C)c4ccccc43)c(=O)oc2c1. The molecule has 5 heteroatoms. The summed E-state index contributed by atoms with van der Waals surface area (Å²) in [6, 6.07) is 24.0. The molecule has 5 rings (SSSR count). The van der Waals surface area contributed by atoms with Crippen molar-refractivity contribution >= 4 is 22.3 Å². The second-order valence-corrected chi connectivity index (χ2v) is 8.61. The Morgan fingerprint density at radius 1 is 1.00 bits per heavy atom. The maximum absolute atomic E-state index is 13.2. The number of para-hydroxylation sites is 1. The molecule has 0 unspecified atom stereocenters. The minimum Gasteiger partial charge on any atom is -0.507 e. The summed E-state index contributed by atoms with van der Waals surface area (Å²) in [7, 11) is 5.93. The average molecular weight is 427 g/mol. The van der Waals surface area contributed by atoms with Crippen LogP contribution in [0.25, 0.3) is 11.0 Å². The van der Waals surface area contributed by atoms with Crippen molar-refractivity contribution in [1.29, 1.82) is 0 Å². The molecule has 4 aromatic rings. The number of aromatic hydroxyl groups is 1. The van der Waals surface area contributed by atoms with Crippen LogP contribution >= 0.6 is 0 Å². The fraction of sp³-hybridized carbons (Fsp3) is 0.222. The van der Waals surface area contributed by atoms with E-state index >= 15 is 0 Å². The molecule has 0 aliphatic carbocycles. The molecular weight excluding hydrogens is 400 g/mol. The van der Waals surface area contributed by atoms with E-state index in [2.05, 4.69) is 30.1 Å². The fourth-order valence-electron chi connectivity index (χ4n) is 4.86. The first-order valence-corrected chi connectivity index (χ1v) is 10.8. The van der Waals surface area contributed by atoms with E-state index in [0.717, 1.165) is 16.9 Å². The summed E-state index contributed by atoms with van der Waals surface area (Å²) in [5, 5.41) is 11.8. The Morgan fingerprint density at radius 2 is 1.72 bits per heavy atom. The van der Waals surface area contributed by atoms with E-state index in [-0.39, 0.29) is 17.7 Å². The molecule has 1 aromatic heterocycles. The normalized spacial score (nSPS) is 17.9. The van der Waals surface area contributed by atoms with E-state index < -0.39 is 5.63 Å². The van der Waals surface area contributed by atoms with Gasteiger partial charge in [0.2, 0.25) is 0 Å². The molecule has 162 valence electrons. The Hall–Kier alpha value is -3.73. The lowest BCUT2D eigenvalue weighted by Gasteiger charge is -2.40. The van der Waals surface area contributed by atoms with Crippen LogP contribution in [0.4, 0.5) is 11.4 Å². The Morgan fingerprint density at radius 3 is 2.47 bits per heavy atom. The Labute approximate surface area is 187 Å². The van der Waals surface area contributed by atoms with Crippen molar-refractivity contribution in [2.75, 3.05) is 30.9 Å². The molecule has 3 aromatic carbocycles. The zero-order valence-electron chi connectivity index (χ0n) is 18.4. The summed E-state index contributed by atoms with van der Waals surface area (Å²) >= 11 is 0. The van der Waals surface area contributed by atoms with Gasteiger partial charge in [0.05, 0.1) is 17.0 Å². The molecule has 1 aliphatic heterocycles. The second-order valence-electron chi connectivity index (χ2n) is 8.61. The number of benzene rings is 3. The molecule has 0 fully saturated rings. The lowest BCUT2D eigenvalue weighted by molar-refractivity contribution is 0.438. The van der Waals surface area contributed by atoms with Gasteiger partial charge in [-0.15, -0.1) is 0 Å². The lowest BCUT2D eigenvalue weighted by atomic mass is 9.79. The number of fused-ring (bicyclic) bond motifs is 2. The molecule has 1 N–H and O–H groups in total. The highest BCUT2D eigenvalue weighted by molar-refractivity contribution is 5.87. The van der Waals surface area contributed by atoms with Gasteiger partial charge in [-0.25, -0.2) is 4.79 Å². The standard InChI is InChI=1S/C27H26N2O3/c1-28(2)18-13-14-20-24(15-18)32-27(31)25(26(20)30)21-16-23(17-9-5-4-6-10-17)29(3)22-12-8-7-11-19(21)22/h4-15,21,23,30H,16H2,1-3H3/t21-,23-/m0/s1. The van der Waals surface area contributed by atoms with Crippen molar-refractivity contribution in [2.45, 2.75) is 18.4 Å². The van der Waals surface area contributed by atoms with Gasteiger partial charge in [0.1, 0.15) is 11.3 Å². The molecule has 1 aliphatic rings. The summed E-state index contributed by atoms with van der Waals surface area (Å²) < 4.78 is 5.74. The molecule has 2 atom stereocenters. The summed E-state index contributed by atoms with van der Waals surface area (Å²) in [6.45, 7) is 0. The third-order valence-corrected chi connectivity index (χ3v) is 6.57. The van der Waals surface area contributed by atoms with Crippen LogP contribution < -0.4 is 15.4 Å². The summed E-state index contributed by atoms with van der Waals surface area (Å²) in [4.78, 5) is 17.4. The van der Waals surface area contributed by atoms with Gasteiger partial charge < -0.3 is 19.3 Å². The smallest absolute Gasteiger partial charge is 0.343 e. The number of anilines is 2. The number of hydrogen-bond acceptors (Lipinski definition) is 5. The van der Waals surface area contributed by atoms with Gasteiger partial charge in [-0.05, 0) is 35.7 Å². The molecule has 0 spiro atoms. The minimum atomic E-state index is -0.484. The zero-order chi connectivity index (χ0) is 22.4. The molecule has 32 heavy (non-hydrogen) atoms. The molecule has 5 nitrogen and oxygen atoms in total. The Bertz CT molecular complexity index is 1340. The van der Waals surface area contributed by atoms with E-state index in [1.807, 2.05) is 67.5 Å². The zero-order valence-corrected chi connectivity index (χ0v) is 18.4. The van der Waals surface area contributed by atoms with Crippen LogP contribution in [0.2, 0.25) is 0 Å². The molecule has 0 bridgehead atoms. The maximum atomic E-state index is 13.2. The van der Waals surface area contributed by atoms with E-state index in [4.69, 9.17) is 4.42 Å². The van der Waals surface area contributed by atoms with Crippen molar-refractivity contribution in [3.63, 3.8) is 0 Å². The Balaban J connectivity index is 1.70. The van der Waals surface area contributed by atoms with Gasteiger partial charge in [0, 0.05) is 44.5 Å². The van der Waals surface area contributed by atoms with E-state index in [1.165, 1.54) is 5.56 Å². The quantitative estimate of drug-likeness (QED) is 0.452. The van der Waals surface area contributed by atoms with Crippen LogP contribution in [0, 0.1) is 0 Å². The van der Waals surface area contributed by atoms with Crippen LogP contribution in [0.5, 0.6) is 5.75 Å². The molecule has 0 radical (unpaired) electrons. The number of nitrogens with zero attached hydrogens (tertiary/aromatic N) is 2. The van der Waals surface area contributed by atoms with Crippen molar-refractivity contribution in [3.8, 4) is 5.75 Å². The van der Waals surface area contributed by atoms with Gasteiger partial charge in [-0.3, -0.25) is 0 Å². The highest BCUT2D eigenvalue weighted by Crippen LogP contribution is 2.48. The van der Waals surface area contributed by atoms with Crippen molar-refractivity contribution in [1.82, 2.24) is 0 Å². The first-order chi connectivity index (χ1) is 15.5. The Kier molecular flexibility index (Phi) is 4.89. The monoisotopic (exact) mass is 426 g/mol. The third-order valence-electron chi connectivity index (χ3n) is 6.57. The first kappa shape index (κ1) is 20.2. The largest absolute Gasteiger partial charge is 0.507 e. The summed E-state index contributed by atoms with van der Waals surface area (Å²) in [5.74, 6) is -0.264. The maximum Gasteiger partial charge on any atom is 0.343 e. The summed E-state index contributed by atoms with van der Waals surface area (Å²) in [6.07, 6.45) is 0.664. The van der Waals surface area contributed by atoms with Crippen molar-refractivity contribution in [3.05, 3.63) is 99.9 Å². The van der Waals surface area contributed by atoms with Crippen LogP contribution in [0.15, 0.2) is 82.0 Å². The molecule has 0 saturated heterocycles. The van der Waals surface area contributed by atoms with Crippen LogP contribution in [0.3, 0.4) is 0 Å². The fourth-order valence-corrected chi connectivity index (χ4v) is 4.86. The van der Waals surface area contributed by atoms with Crippen LogP contribution in [0.1, 0.15) is 35.1 Å². The predicted octanol–water partition coefficient (Wildman–Crippen LogP) is 5.28. The van der Waals surface area contributed by atoms with Gasteiger partial charge in [-0.2, -0.15) is 0 Å². The average Bonchev–Trinajstić information content (AvgIpc) is 2.80. The highest BCUT2D eigenvalue weighted by atomic mass is 16.4. The molecule has 2 heterocycles. The summed E-state index contributed by atoms with van der Waals surface area (Å²) in [5.41, 5.74) is 4.40. The van der Waals surface area contributed by atoms with Crippen LogP contribution in [-0.4, -0.2) is 26.2 Å². The predicted molar refractivity (Wildman–Crippen MR) is 129 cm³/mol. The lowest BCUT2D eigenvalue weighted by Crippen LogP contribution is -2.33. The van der Waals surface area contributed by atoms with Gasteiger partial charge in [0.25, 0.3) is 0 Å². The topological polar surface area (TPSA) is 56.9 Å². The third kappa shape index (κ3) is 3.21.